The number of piperidine rings is 1. The molecule has 1 heterocycles. The molecular weight excluding hydrogens is 381 g/mol. The topological polar surface area (TPSA) is 105 Å². The molecule has 2 N–H and O–H groups in total. The van der Waals surface area contributed by atoms with Crippen molar-refractivity contribution >= 4 is 23.8 Å². The Kier molecular flexibility index (Phi) is 8.11. The average Bonchev–Trinajstić information content (AvgIpc) is 2.70. The Balaban J connectivity index is 1.71. The summed E-state index contributed by atoms with van der Waals surface area (Å²) in [5.74, 6) is -2.04. The van der Waals surface area contributed by atoms with Crippen LogP contribution in [0.4, 0.5) is 9.18 Å². The molecule has 0 atom stereocenters. The second-order valence-corrected chi connectivity index (χ2v) is 7.33. The van der Waals surface area contributed by atoms with Gasteiger partial charge >= 0.3 is 12.0 Å². The summed E-state index contributed by atoms with van der Waals surface area (Å²) < 4.78 is 18.0. The zero-order valence-electron chi connectivity index (χ0n) is 16.6. The predicted octanol–water partition coefficient (Wildman–Crippen LogP) is 1.70. The molecular formula is C20H26FN3O5. The lowest BCUT2D eigenvalue weighted by Gasteiger charge is -2.31. The maximum Gasteiger partial charge on any atom is 0.321 e. The van der Waals surface area contributed by atoms with Crippen molar-refractivity contribution < 1.29 is 28.3 Å². The van der Waals surface area contributed by atoms with E-state index in [1.807, 2.05) is 13.8 Å². The summed E-state index contributed by atoms with van der Waals surface area (Å²) in [4.78, 5) is 49.3. The SMILES string of the molecule is CC(C)CNC(=O)NC(=O)COC(=O)C1CCN(C(=O)c2ccc(F)cc2)CC1. The van der Waals surface area contributed by atoms with Crippen molar-refractivity contribution in [1.82, 2.24) is 15.5 Å². The monoisotopic (exact) mass is 407 g/mol. The molecule has 0 spiro atoms. The van der Waals surface area contributed by atoms with Crippen LogP contribution in [-0.2, 0) is 14.3 Å². The lowest BCUT2D eigenvalue weighted by Crippen LogP contribution is -2.43. The van der Waals surface area contributed by atoms with Crippen LogP contribution in [0.2, 0.25) is 0 Å². The first kappa shape index (κ1) is 22.3. The van der Waals surface area contributed by atoms with Crippen molar-refractivity contribution in [1.29, 1.82) is 0 Å². The number of imide groups is 1. The number of nitrogens with zero attached hydrogens (tertiary/aromatic N) is 1. The number of benzene rings is 1. The van der Waals surface area contributed by atoms with Gasteiger partial charge < -0.3 is 15.0 Å². The summed E-state index contributed by atoms with van der Waals surface area (Å²) in [7, 11) is 0. The van der Waals surface area contributed by atoms with Crippen LogP contribution in [0.3, 0.4) is 0 Å². The second kappa shape index (κ2) is 10.5. The van der Waals surface area contributed by atoms with E-state index in [2.05, 4.69) is 10.6 Å². The highest BCUT2D eigenvalue weighted by Crippen LogP contribution is 2.20. The summed E-state index contributed by atoms with van der Waals surface area (Å²) in [5, 5.41) is 4.62. The molecule has 0 unspecified atom stereocenters. The summed E-state index contributed by atoms with van der Waals surface area (Å²) in [5.41, 5.74) is 0.389. The van der Waals surface area contributed by atoms with Gasteiger partial charge in [-0.2, -0.15) is 0 Å². The molecule has 0 aliphatic carbocycles. The van der Waals surface area contributed by atoms with E-state index in [9.17, 15) is 23.6 Å². The third kappa shape index (κ3) is 7.17. The summed E-state index contributed by atoms with van der Waals surface area (Å²) in [6, 6.07) is 4.67. The van der Waals surface area contributed by atoms with Crippen molar-refractivity contribution in [2.45, 2.75) is 26.7 Å². The molecule has 1 aliphatic heterocycles. The van der Waals surface area contributed by atoms with E-state index in [0.717, 1.165) is 0 Å². The third-order valence-corrected chi connectivity index (χ3v) is 4.48. The molecule has 2 rings (SSSR count). The number of hydrogen-bond donors (Lipinski definition) is 2. The maximum atomic E-state index is 13.0. The van der Waals surface area contributed by atoms with Gasteiger partial charge in [-0.15, -0.1) is 0 Å². The Labute approximate surface area is 168 Å². The molecule has 0 saturated carbocycles. The zero-order chi connectivity index (χ0) is 21.4. The van der Waals surface area contributed by atoms with Crippen LogP contribution in [0.15, 0.2) is 24.3 Å². The Hall–Kier alpha value is -2.97. The first-order valence-corrected chi connectivity index (χ1v) is 9.55. The highest BCUT2D eigenvalue weighted by molar-refractivity contribution is 5.96. The summed E-state index contributed by atoms with van der Waals surface area (Å²) >= 11 is 0. The van der Waals surface area contributed by atoms with Crippen molar-refractivity contribution in [2.75, 3.05) is 26.2 Å². The number of rotatable bonds is 6. The number of amides is 4. The van der Waals surface area contributed by atoms with Crippen molar-refractivity contribution in [3.05, 3.63) is 35.6 Å². The van der Waals surface area contributed by atoms with E-state index in [0.29, 0.717) is 38.0 Å². The van der Waals surface area contributed by atoms with E-state index in [1.54, 1.807) is 4.90 Å². The van der Waals surface area contributed by atoms with Crippen LogP contribution in [0.5, 0.6) is 0 Å². The molecule has 158 valence electrons. The van der Waals surface area contributed by atoms with Crippen LogP contribution < -0.4 is 10.6 Å². The van der Waals surface area contributed by atoms with Gasteiger partial charge in [-0.1, -0.05) is 13.8 Å². The standard InChI is InChI=1S/C20H26FN3O5/c1-13(2)11-22-20(28)23-17(25)12-29-19(27)15-7-9-24(10-8-15)18(26)14-3-5-16(21)6-4-14/h3-6,13,15H,7-12H2,1-2H3,(H2,22,23,25,28). The van der Waals surface area contributed by atoms with E-state index in [1.165, 1.54) is 24.3 Å². The number of halogens is 1. The normalized spacial score (nSPS) is 14.4. The van der Waals surface area contributed by atoms with Gasteiger partial charge in [-0.3, -0.25) is 19.7 Å². The van der Waals surface area contributed by atoms with Crippen LogP contribution in [0, 0.1) is 17.7 Å². The summed E-state index contributed by atoms with van der Waals surface area (Å²) in [6.45, 7) is 4.45. The number of carbonyl (C=O) groups is 4. The largest absolute Gasteiger partial charge is 0.455 e. The lowest BCUT2D eigenvalue weighted by molar-refractivity contribution is -0.153. The zero-order valence-corrected chi connectivity index (χ0v) is 16.6. The van der Waals surface area contributed by atoms with E-state index in [4.69, 9.17) is 4.74 Å². The minimum atomic E-state index is -0.705. The fourth-order valence-electron chi connectivity index (χ4n) is 2.85. The number of ether oxygens (including phenoxy) is 1. The first-order valence-electron chi connectivity index (χ1n) is 9.55. The van der Waals surface area contributed by atoms with Gasteiger partial charge in [0.15, 0.2) is 6.61 Å². The molecule has 1 fully saturated rings. The van der Waals surface area contributed by atoms with Crippen molar-refractivity contribution in [3.8, 4) is 0 Å². The van der Waals surface area contributed by atoms with Crippen LogP contribution in [0.1, 0.15) is 37.0 Å². The lowest BCUT2D eigenvalue weighted by atomic mass is 9.96. The average molecular weight is 407 g/mol. The minimum absolute atomic E-state index is 0.219. The third-order valence-electron chi connectivity index (χ3n) is 4.48. The smallest absolute Gasteiger partial charge is 0.321 e. The minimum Gasteiger partial charge on any atom is -0.455 e. The number of esters is 1. The molecule has 0 radical (unpaired) electrons. The van der Waals surface area contributed by atoms with E-state index < -0.39 is 36.2 Å². The van der Waals surface area contributed by atoms with Crippen LogP contribution in [-0.4, -0.2) is 55.0 Å². The van der Waals surface area contributed by atoms with Crippen molar-refractivity contribution in [3.63, 3.8) is 0 Å². The molecule has 0 bridgehead atoms. The van der Waals surface area contributed by atoms with Gasteiger partial charge in [-0.05, 0) is 43.0 Å². The predicted molar refractivity (Wildman–Crippen MR) is 102 cm³/mol. The molecule has 1 aliphatic rings. The van der Waals surface area contributed by atoms with E-state index in [-0.39, 0.29) is 11.8 Å². The molecule has 0 aromatic heterocycles. The van der Waals surface area contributed by atoms with Gasteiger partial charge in [-0.25, -0.2) is 9.18 Å². The second-order valence-electron chi connectivity index (χ2n) is 7.33. The number of nitrogens with one attached hydrogen (secondary N) is 2. The summed E-state index contributed by atoms with van der Waals surface area (Å²) in [6.07, 6.45) is 0.810. The highest BCUT2D eigenvalue weighted by Gasteiger charge is 2.29. The van der Waals surface area contributed by atoms with E-state index >= 15 is 0 Å². The molecule has 1 aromatic carbocycles. The molecule has 29 heavy (non-hydrogen) atoms. The highest BCUT2D eigenvalue weighted by atomic mass is 19.1. The van der Waals surface area contributed by atoms with Crippen LogP contribution >= 0.6 is 0 Å². The fraction of sp³-hybridized carbons (Fsp3) is 0.500. The van der Waals surface area contributed by atoms with Gasteiger partial charge in [0, 0.05) is 25.2 Å². The van der Waals surface area contributed by atoms with Crippen molar-refractivity contribution in [2.24, 2.45) is 11.8 Å². The quantitative estimate of drug-likeness (QED) is 0.699. The number of carbonyl (C=O) groups excluding carboxylic acids is 4. The Bertz CT molecular complexity index is 743. The molecule has 8 nitrogen and oxygen atoms in total. The first-order chi connectivity index (χ1) is 13.8. The number of urea groups is 1. The molecule has 4 amide bonds. The number of likely N-dealkylation sites (tertiary alicyclic amines) is 1. The molecule has 9 heteroatoms. The fourth-order valence-corrected chi connectivity index (χ4v) is 2.85. The Morgan fingerprint density at radius 3 is 2.34 bits per heavy atom. The maximum absolute atomic E-state index is 13.0. The van der Waals surface area contributed by atoms with Gasteiger partial charge in [0.05, 0.1) is 5.92 Å². The van der Waals surface area contributed by atoms with Gasteiger partial charge in [0.1, 0.15) is 5.82 Å². The van der Waals surface area contributed by atoms with Crippen LogP contribution in [0.25, 0.3) is 0 Å². The van der Waals surface area contributed by atoms with Gasteiger partial charge in [0.25, 0.3) is 11.8 Å². The molecule has 1 saturated heterocycles. The Morgan fingerprint density at radius 1 is 1.14 bits per heavy atom. The number of hydrogen-bond acceptors (Lipinski definition) is 5. The van der Waals surface area contributed by atoms with Gasteiger partial charge in [0.2, 0.25) is 0 Å². The molecule has 1 aromatic rings. The Morgan fingerprint density at radius 2 is 1.76 bits per heavy atom.